The topological polar surface area (TPSA) is 67.3 Å². The van der Waals surface area contributed by atoms with Gasteiger partial charge in [-0.05, 0) is 18.8 Å². The van der Waals surface area contributed by atoms with E-state index in [1.54, 1.807) is 11.7 Å². The maximum atomic E-state index is 11.2. The van der Waals surface area contributed by atoms with Gasteiger partial charge < -0.3 is 5.11 Å². The molecule has 0 spiro atoms. The van der Waals surface area contributed by atoms with Crippen molar-refractivity contribution in [1.82, 2.24) is 4.98 Å². The molecule has 1 aromatic rings. The largest absolute Gasteiger partial charge is 0.393 e. The second-order valence-electron chi connectivity index (χ2n) is 4.33. The SMILES string of the molecule is O=S1(=O)CCC(CC(O)Cc2cncs2)C1. The number of rotatable bonds is 4. The molecule has 4 nitrogen and oxygen atoms in total. The van der Waals surface area contributed by atoms with Crippen LogP contribution >= 0.6 is 11.3 Å². The monoisotopic (exact) mass is 261 g/mol. The molecular formula is C10H15NO3S2. The highest BCUT2D eigenvalue weighted by atomic mass is 32.2. The van der Waals surface area contributed by atoms with Crippen LogP contribution in [-0.2, 0) is 16.3 Å². The molecule has 0 aliphatic carbocycles. The molecule has 1 aliphatic rings. The Balaban J connectivity index is 1.82. The molecule has 0 amide bonds. The number of aliphatic hydroxyl groups is 1. The van der Waals surface area contributed by atoms with E-state index < -0.39 is 15.9 Å². The zero-order valence-electron chi connectivity index (χ0n) is 8.87. The molecule has 2 heterocycles. The van der Waals surface area contributed by atoms with Gasteiger partial charge in [0.05, 0.1) is 23.1 Å². The molecule has 90 valence electrons. The number of aliphatic hydroxyl groups excluding tert-OH is 1. The first kappa shape index (κ1) is 12.0. The van der Waals surface area contributed by atoms with E-state index in [2.05, 4.69) is 4.98 Å². The Morgan fingerprint density at radius 2 is 2.44 bits per heavy atom. The third-order valence-corrected chi connectivity index (χ3v) is 5.49. The van der Waals surface area contributed by atoms with Gasteiger partial charge in [0, 0.05) is 17.5 Å². The molecule has 0 radical (unpaired) electrons. The summed E-state index contributed by atoms with van der Waals surface area (Å²) in [5.74, 6) is 0.658. The number of nitrogens with zero attached hydrogens (tertiary/aromatic N) is 1. The van der Waals surface area contributed by atoms with Crippen LogP contribution in [0.25, 0.3) is 0 Å². The van der Waals surface area contributed by atoms with Crippen LogP contribution in [0.15, 0.2) is 11.7 Å². The van der Waals surface area contributed by atoms with Crippen molar-refractivity contribution in [3.8, 4) is 0 Å². The summed E-state index contributed by atoms with van der Waals surface area (Å²) < 4.78 is 22.5. The minimum Gasteiger partial charge on any atom is -0.393 e. The molecule has 1 aliphatic heterocycles. The average Bonchev–Trinajstić information content (AvgIpc) is 2.76. The number of aromatic nitrogens is 1. The van der Waals surface area contributed by atoms with E-state index in [1.807, 2.05) is 0 Å². The molecule has 2 rings (SSSR count). The third kappa shape index (κ3) is 3.26. The zero-order chi connectivity index (χ0) is 11.6. The number of thiazole rings is 1. The first-order valence-electron chi connectivity index (χ1n) is 5.31. The van der Waals surface area contributed by atoms with Gasteiger partial charge in [0.2, 0.25) is 0 Å². The third-order valence-electron chi connectivity index (χ3n) is 2.85. The first-order valence-corrected chi connectivity index (χ1v) is 8.01. The molecule has 1 saturated heterocycles. The van der Waals surface area contributed by atoms with E-state index in [0.717, 1.165) is 4.88 Å². The van der Waals surface area contributed by atoms with Gasteiger partial charge in [0.1, 0.15) is 0 Å². The lowest BCUT2D eigenvalue weighted by Gasteiger charge is -2.13. The minimum atomic E-state index is -2.82. The predicted octanol–water partition coefficient (Wildman–Crippen LogP) is 0.871. The normalized spacial score (nSPS) is 25.7. The standard InChI is InChI=1S/C10H15NO3S2/c12-9(4-10-5-11-7-15-10)3-8-1-2-16(13,14)6-8/h5,7-9,12H,1-4,6H2. The Labute approximate surface area is 99.3 Å². The van der Waals surface area contributed by atoms with Crippen molar-refractivity contribution in [3.63, 3.8) is 0 Å². The lowest BCUT2D eigenvalue weighted by Crippen LogP contribution is -2.16. The highest BCUT2D eigenvalue weighted by Gasteiger charge is 2.29. The van der Waals surface area contributed by atoms with Crippen LogP contribution in [-0.4, -0.2) is 36.1 Å². The maximum Gasteiger partial charge on any atom is 0.150 e. The summed E-state index contributed by atoms with van der Waals surface area (Å²) in [6.45, 7) is 0. The molecule has 0 saturated carbocycles. The van der Waals surface area contributed by atoms with E-state index >= 15 is 0 Å². The van der Waals surface area contributed by atoms with Crippen molar-refractivity contribution in [2.75, 3.05) is 11.5 Å². The number of hydrogen-bond acceptors (Lipinski definition) is 5. The Kier molecular flexibility index (Phi) is 3.61. The summed E-state index contributed by atoms with van der Waals surface area (Å²) in [5, 5.41) is 9.84. The highest BCUT2D eigenvalue weighted by molar-refractivity contribution is 7.91. The zero-order valence-corrected chi connectivity index (χ0v) is 10.5. The Bertz CT molecular complexity index is 427. The summed E-state index contributed by atoms with van der Waals surface area (Å²) in [4.78, 5) is 4.99. The molecule has 16 heavy (non-hydrogen) atoms. The molecule has 1 aromatic heterocycles. The molecule has 0 bridgehead atoms. The van der Waals surface area contributed by atoms with Crippen molar-refractivity contribution in [3.05, 3.63) is 16.6 Å². The van der Waals surface area contributed by atoms with E-state index in [9.17, 15) is 13.5 Å². The maximum absolute atomic E-state index is 11.2. The van der Waals surface area contributed by atoms with Gasteiger partial charge in [0.15, 0.2) is 9.84 Å². The summed E-state index contributed by atoms with van der Waals surface area (Å²) in [6.07, 6.45) is 3.17. The fraction of sp³-hybridized carbons (Fsp3) is 0.700. The lowest BCUT2D eigenvalue weighted by atomic mass is 9.99. The van der Waals surface area contributed by atoms with Gasteiger partial charge in [-0.15, -0.1) is 11.3 Å². The molecule has 1 fully saturated rings. The van der Waals surface area contributed by atoms with Crippen molar-refractivity contribution in [2.24, 2.45) is 5.92 Å². The van der Waals surface area contributed by atoms with Crippen molar-refractivity contribution in [2.45, 2.75) is 25.4 Å². The Morgan fingerprint density at radius 3 is 3.00 bits per heavy atom. The molecular weight excluding hydrogens is 246 g/mol. The fourth-order valence-electron chi connectivity index (χ4n) is 2.10. The van der Waals surface area contributed by atoms with Crippen LogP contribution in [0.5, 0.6) is 0 Å². The van der Waals surface area contributed by atoms with Gasteiger partial charge in [-0.1, -0.05) is 0 Å². The van der Waals surface area contributed by atoms with Crippen LogP contribution in [0.2, 0.25) is 0 Å². The van der Waals surface area contributed by atoms with Crippen LogP contribution in [0, 0.1) is 5.92 Å². The van der Waals surface area contributed by atoms with Crippen molar-refractivity contribution in [1.29, 1.82) is 0 Å². The molecule has 2 atom stereocenters. The molecule has 1 N–H and O–H groups in total. The number of hydrogen-bond donors (Lipinski definition) is 1. The van der Waals surface area contributed by atoms with Crippen molar-refractivity contribution >= 4 is 21.2 Å². The molecule has 0 aromatic carbocycles. The Hall–Kier alpha value is -0.460. The second-order valence-corrected chi connectivity index (χ2v) is 7.53. The smallest absolute Gasteiger partial charge is 0.150 e. The van der Waals surface area contributed by atoms with Crippen LogP contribution in [0.4, 0.5) is 0 Å². The summed E-state index contributed by atoms with van der Waals surface area (Å²) >= 11 is 1.52. The highest BCUT2D eigenvalue weighted by Crippen LogP contribution is 2.24. The molecule has 2 unspecified atom stereocenters. The van der Waals surface area contributed by atoms with Gasteiger partial charge in [-0.2, -0.15) is 0 Å². The van der Waals surface area contributed by atoms with Gasteiger partial charge in [0.25, 0.3) is 0 Å². The van der Waals surface area contributed by atoms with Crippen molar-refractivity contribution < 1.29 is 13.5 Å². The second kappa shape index (κ2) is 4.81. The average molecular weight is 261 g/mol. The molecule has 6 heteroatoms. The minimum absolute atomic E-state index is 0.132. The van der Waals surface area contributed by atoms with Gasteiger partial charge in [-0.3, -0.25) is 4.98 Å². The van der Waals surface area contributed by atoms with E-state index in [1.165, 1.54) is 11.3 Å². The Morgan fingerprint density at radius 1 is 1.62 bits per heavy atom. The lowest BCUT2D eigenvalue weighted by molar-refractivity contribution is 0.147. The number of sulfone groups is 1. The first-order chi connectivity index (χ1) is 7.55. The van der Waals surface area contributed by atoms with E-state index in [-0.39, 0.29) is 17.4 Å². The summed E-state index contributed by atoms with van der Waals surface area (Å²) in [5.41, 5.74) is 1.74. The fourth-order valence-corrected chi connectivity index (χ4v) is 4.65. The van der Waals surface area contributed by atoms with Gasteiger partial charge in [-0.25, -0.2) is 8.42 Å². The quantitative estimate of drug-likeness (QED) is 0.873. The van der Waals surface area contributed by atoms with E-state index in [4.69, 9.17) is 0 Å². The predicted molar refractivity (Wildman–Crippen MR) is 63.2 cm³/mol. The van der Waals surface area contributed by atoms with Crippen LogP contribution < -0.4 is 0 Å². The summed E-state index contributed by atoms with van der Waals surface area (Å²) in [6, 6.07) is 0. The summed E-state index contributed by atoms with van der Waals surface area (Å²) in [7, 11) is -2.82. The van der Waals surface area contributed by atoms with E-state index in [0.29, 0.717) is 19.3 Å². The van der Waals surface area contributed by atoms with Gasteiger partial charge >= 0.3 is 0 Å². The van der Waals surface area contributed by atoms with Crippen LogP contribution in [0.3, 0.4) is 0 Å². The van der Waals surface area contributed by atoms with Crippen LogP contribution in [0.1, 0.15) is 17.7 Å².